The van der Waals surface area contributed by atoms with Crippen LogP contribution in [-0.2, 0) is 22.6 Å². The predicted octanol–water partition coefficient (Wildman–Crippen LogP) is 4.57. The van der Waals surface area contributed by atoms with Gasteiger partial charge in [0.15, 0.2) is 0 Å². The molecule has 0 radical (unpaired) electrons. The number of hydrogen-bond donors (Lipinski definition) is 1. The number of rotatable bonds is 7. The summed E-state index contributed by atoms with van der Waals surface area (Å²) in [4.78, 5) is 12.2. The smallest absolute Gasteiger partial charge is 0.227 e. The summed E-state index contributed by atoms with van der Waals surface area (Å²) in [6, 6.07) is 18.3. The normalized spacial score (nSPS) is 14.7. The highest BCUT2D eigenvalue weighted by atomic mass is 16.5. The lowest BCUT2D eigenvalue weighted by molar-refractivity contribution is -0.119. The van der Waals surface area contributed by atoms with Crippen LogP contribution in [-0.4, -0.2) is 12.5 Å². The molecule has 24 heavy (non-hydrogen) atoms. The second kappa shape index (κ2) is 8.65. The van der Waals surface area contributed by atoms with Crippen LogP contribution in [0.4, 0.5) is 5.69 Å². The topological polar surface area (TPSA) is 38.3 Å². The summed E-state index contributed by atoms with van der Waals surface area (Å²) in [6.45, 7) is 1.27. The molecule has 3 rings (SSSR count). The van der Waals surface area contributed by atoms with E-state index in [1.165, 1.54) is 18.4 Å². The standard InChI is InChI=1S/C21H25NO2/c23-21(19-10-4-5-11-19)22-20-12-6-9-18(15-20)16-24-14-13-17-7-2-1-3-8-17/h1-3,6-9,12,15,19H,4-5,10-11,13-14,16H2,(H,22,23). The molecule has 1 saturated carbocycles. The van der Waals surface area contributed by atoms with Crippen LogP contribution in [0.1, 0.15) is 36.8 Å². The zero-order valence-electron chi connectivity index (χ0n) is 14.0. The van der Waals surface area contributed by atoms with Crippen molar-refractivity contribution in [3.63, 3.8) is 0 Å². The van der Waals surface area contributed by atoms with Gasteiger partial charge in [0.2, 0.25) is 5.91 Å². The minimum absolute atomic E-state index is 0.162. The highest BCUT2D eigenvalue weighted by molar-refractivity contribution is 5.92. The van der Waals surface area contributed by atoms with E-state index in [-0.39, 0.29) is 11.8 Å². The van der Waals surface area contributed by atoms with Gasteiger partial charge in [0.1, 0.15) is 0 Å². The van der Waals surface area contributed by atoms with E-state index >= 15 is 0 Å². The second-order valence-corrected chi connectivity index (χ2v) is 6.46. The summed E-state index contributed by atoms with van der Waals surface area (Å²) in [5.74, 6) is 0.352. The fourth-order valence-electron chi connectivity index (χ4n) is 3.20. The van der Waals surface area contributed by atoms with Crippen LogP contribution in [0.5, 0.6) is 0 Å². The minimum Gasteiger partial charge on any atom is -0.376 e. The Morgan fingerprint density at radius 3 is 2.54 bits per heavy atom. The number of carbonyl (C=O) groups is 1. The number of nitrogens with one attached hydrogen (secondary N) is 1. The van der Waals surface area contributed by atoms with Crippen LogP contribution >= 0.6 is 0 Å². The van der Waals surface area contributed by atoms with Crippen LogP contribution in [0.25, 0.3) is 0 Å². The Kier molecular flexibility index (Phi) is 6.02. The second-order valence-electron chi connectivity index (χ2n) is 6.46. The predicted molar refractivity (Wildman–Crippen MR) is 96.8 cm³/mol. The van der Waals surface area contributed by atoms with E-state index in [0.717, 1.165) is 30.5 Å². The molecule has 0 aromatic heterocycles. The molecule has 126 valence electrons. The van der Waals surface area contributed by atoms with Gasteiger partial charge in [-0.05, 0) is 42.5 Å². The number of benzene rings is 2. The largest absolute Gasteiger partial charge is 0.376 e. The van der Waals surface area contributed by atoms with Crippen LogP contribution in [0.2, 0.25) is 0 Å². The van der Waals surface area contributed by atoms with E-state index in [1.54, 1.807) is 0 Å². The van der Waals surface area contributed by atoms with Crippen LogP contribution in [0.3, 0.4) is 0 Å². The highest BCUT2D eigenvalue weighted by Gasteiger charge is 2.22. The van der Waals surface area contributed by atoms with Crippen molar-refractivity contribution in [2.45, 2.75) is 38.7 Å². The van der Waals surface area contributed by atoms with Crippen LogP contribution in [0.15, 0.2) is 54.6 Å². The molecule has 0 atom stereocenters. The van der Waals surface area contributed by atoms with Gasteiger partial charge in [-0.3, -0.25) is 4.79 Å². The average Bonchev–Trinajstić information content (AvgIpc) is 3.15. The summed E-state index contributed by atoms with van der Waals surface area (Å²) >= 11 is 0. The third kappa shape index (κ3) is 4.93. The summed E-state index contributed by atoms with van der Waals surface area (Å²) in [7, 11) is 0. The maximum Gasteiger partial charge on any atom is 0.227 e. The molecule has 1 aliphatic carbocycles. The van der Waals surface area contributed by atoms with Gasteiger partial charge < -0.3 is 10.1 Å². The first-order chi connectivity index (χ1) is 11.8. The lowest BCUT2D eigenvalue weighted by atomic mass is 10.1. The van der Waals surface area contributed by atoms with E-state index in [2.05, 4.69) is 17.4 Å². The zero-order valence-corrected chi connectivity index (χ0v) is 14.0. The number of amides is 1. The van der Waals surface area contributed by atoms with Gasteiger partial charge in [-0.25, -0.2) is 0 Å². The van der Waals surface area contributed by atoms with Crippen molar-refractivity contribution < 1.29 is 9.53 Å². The minimum atomic E-state index is 0.162. The van der Waals surface area contributed by atoms with Gasteiger partial charge in [0.25, 0.3) is 0 Å². The van der Waals surface area contributed by atoms with Gasteiger partial charge in [0, 0.05) is 11.6 Å². The Hall–Kier alpha value is -2.13. The quantitative estimate of drug-likeness (QED) is 0.758. The van der Waals surface area contributed by atoms with Crippen molar-refractivity contribution in [1.82, 2.24) is 0 Å². The number of hydrogen-bond acceptors (Lipinski definition) is 2. The fourth-order valence-corrected chi connectivity index (χ4v) is 3.20. The molecule has 1 amide bonds. The zero-order chi connectivity index (χ0) is 16.6. The number of ether oxygens (including phenoxy) is 1. The molecule has 2 aromatic rings. The van der Waals surface area contributed by atoms with Crippen LogP contribution in [0, 0.1) is 5.92 Å². The molecule has 1 N–H and O–H groups in total. The van der Waals surface area contributed by atoms with Gasteiger partial charge >= 0.3 is 0 Å². The van der Waals surface area contributed by atoms with Crippen LogP contribution < -0.4 is 5.32 Å². The third-order valence-corrected chi connectivity index (χ3v) is 4.57. The van der Waals surface area contributed by atoms with Crippen molar-refractivity contribution in [2.24, 2.45) is 5.92 Å². The Bertz CT molecular complexity index is 648. The van der Waals surface area contributed by atoms with Crippen molar-refractivity contribution in [1.29, 1.82) is 0 Å². The summed E-state index contributed by atoms with van der Waals surface area (Å²) in [5, 5.41) is 3.05. The average molecular weight is 323 g/mol. The lowest BCUT2D eigenvalue weighted by Gasteiger charge is -2.11. The SMILES string of the molecule is O=C(Nc1cccc(COCCc2ccccc2)c1)C1CCCC1. The maximum absolute atomic E-state index is 12.2. The first-order valence-corrected chi connectivity index (χ1v) is 8.83. The number of anilines is 1. The van der Waals surface area contributed by atoms with Crippen molar-refractivity contribution in [3.05, 3.63) is 65.7 Å². The molecule has 3 nitrogen and oxygen atoms in total. The van der Waals surface area contributed by atoms with E-state index < -0.39 is 0 Å². The Balaban J connectivity index is 1.45. The van der Waals surface area contributed by atoms with Crippen molar-refractivity contribution >= 4 is 11.6 Å². The first-order valence-electron chi connectivity index (χ1n) is 8.83. The van der Waals surface area contributed by atoms with Crippen molar-refractivity contribution in [3.8, 4) is 0 Å². The molecule has 1 aliphatic rings. The van der Waals surface area contributed by atoms with Gasteiger partial charge in [-0.2, -0.15) is 0 Å². The van der Waals surface area contributed by atoms with Crippen molar-refractivity contribution in [2.75, 3.05) is 11.9 Å². The molecule has 0 unspecified atom stereocenters. The number of carbonyl (C=O) groups excluding carboxylic acids is 1. The third-order valence-electron chi connectivity index (χ3n) is 4.57. The summed E-state index contributed by atoms with van der Waals surface area (Å²) < 4.78 is 5.77. The molecule has 0 heterocycles. The molecule has 3 heteroatoms. The molecule has 0 aliphatic heterocycles. The fraction of sp³-hybridized carbons (Fsp3) is 0.381. The first kappa shape index (κ1) is 16.7. The Morgan fingerprint density at radius 1 is 1.00 bits per heavy atom. The molecule has 1 fully saturated rings. The molecular weight excluding hydrogens is 298 g/mol. The van der Waals surface area contributed by atoms with E-state index in [0.29, 0.717) is 13.2 Å². The van der Waals surface area contributed by atoms with E-state index in [9.17, 15) is 4.79 Å². The molecule has 0 spiro atoms. The Morgan fingerprint density at radius 2 is 1.75 bits per heavy atom. The molecule has 2 aromatic carbocycles. The van der Waals surface area contributed by atoms with Gasteiger partial charge in [0.05, 0.1) is 13.2 Å². The summed E-state index contributed by atoms with van der Waals surface area (Å²) in [5.41, 5.74) is 3.25. The molecular formula is C21H25NO2. The molecule has 0 bridgehead atoms. The Labute approximate surface area is 144 Å². The van der Waals surface area contributed by atoms with E-state index in [1.807, 2.05) is 42.5 Å². The molecule has 0 saturated heterocycles. The maximum atomic E-state index is 12.2. The van der Waals surface area contributed by atoms with Gasteiger partial charge in [-0.15, -0.1) is 0 Å². The summed E-state index contributed by atoms with van der Waals surface area (Å²) in [6.07, 6.45) is 5.31. The van der Waals surface area contributed by atoms with Gasteiger partial charge in [-0.1, -0.05) is 55.3 Å². The highest BCUT2D eigenvalue weighted by Crippen LogP contribution is 2.26. The van der Waals surface area contributed by atoms with E-state index in [4.69, 9.17) is 4.74 Å². The lowest BCUT2D eigenvalue weighted by Crippen LogP contribution is -2.20. The monoisotopic (exact) mass is 323 g/mol.